The lowest BCUT2D eigenvalue weighted by atomic mass is 10.0. The molecular weight excluding hydrogens is 719 g/mol. The molecule has 0 aromatic heterocycles. The molecule has 296 valence electrons. The summed E-state index contributed by atoms with van der Waals surface area (Å²) in [5.74, 6) is 0. The fraction of sp³-hybridized carbons (Fsp3) is 1.00. The molecule has 49 heavy (non-hydrogen) atoms. The van der Waals surface area contributed by atoms with Gasteiger partial charge in [0.05, 0.1) is 92.5 Å². The van der Waals surface area contributed by atoms with Crippen LogP contribution in [0.2, 0.25) is 0 Å². The Labute approximate surface area is 273 Å². The van der Waals surface area contributed by atoms with E-state index in [1.807, 2.05) is 0 Å². The van der Waals surface area contributed by atoms with E-state index in [1.165, 1.54) is 14.2 Å². The molecule has 12 nitrogen and oxygen atoms in total. The Kier molecular flexibility index (Phi) is 24.2. The average molecular weight is 759 g/mol. The van der Waals surface area contributed by atoms with Crippen molar-refractivity contribution in [2.75, 3.05) is 120 Å². The summed E-state index contributed by atoms with van der Waals surface area (Å²) in [4.78, 5) is 0. The molecule has 0 aliphatic heterocycles. The van der Waals surface area contributed by atoms with E-state index in [1.54, 1.807) is 0 Å². The molecule has 0 unspecified atom stereocenters. The Morgan fingerprint density at radius 2 is 0.551 bits per heavy atom. The largest absolute Gasteiger partial charge is 0.532 e. The first-order chi connectivity index (χ1) is 22.8. The highest BCUT2D eigenvalue weighted by Crippen LogP contribution is 2.41. The summed E-state index contributed by atoms with van der Waals surface area (Å²) >= 11 is 0. The van der Waals surface area contributed by atoms with Crippen molar-refractivity contribution in [3.05, 3.63) is 0 Å². The van der Waals surface area contributed by atoms with Crippen LogP contribution in [0.5, 0.6) is 0 Å². The van der Waals surface area contributed by atoms with Gasteiger partial charge in [-0.25, -0.2) is 0 Å². The number of hydrogen-bond acceptors (Lipinski definition) is 12. The monoisotopic (exact) mass is 759 g/mol. The molecule has 0 rings (SSSR count). The third-order valence-corrected chi connectivity index (χ3v) is 5.25. The standard InChI is InChI=1S/C24H40BF12O12/c1-38-3-5-40-7-9-42-11-13-44-15-17-46-25(48-19(21(26,27)28)22(29,30)31,49-20(23(32,33)34)24(35,36)37)47-18-16-45-14-12-43-10-8-41-6-4-39-2/h19-20H,3-18H2,1-2H3/q-1. The van der Waals surface area contributed by atoms with E-state index in [-0.39, 0.29) is 66.1 Å². The summed E-state index contributed by atoms with van der Waals surface area (Å²) in [6, 6.07) is 0. The average Bonchev–Trinajstić information content (AvgIpc) is 2.97. The zero-order valence-corrected chi connectivity index (χ0v) is 26.5. The molecule has 0 fully saturated rings. The highest BCUT2D eigenvalue weighted by Gasteiger charge is 2.63. The molecule has 0 saturated carbocycles. The van der Waals surface area contributed by atoms with E-state index >= 15 is 0 Å². The van der Waals surface area contributed by atoms with Gasteiger partial charge in [0.1, 0.15) is 0 Å². The molecule has 0 aliphatic carbocycles. The normalized spacial score (nSPS) is 13.7. The third-order valence-electron chi connectivity index (χ3n) is 5.25. The lowest BCUT2D eigenvalue weighted by Gasteiger charge is -2.46. The molecule has 0 radical (unpaired) electrons. The Morgan fingerprint density at radius 1 is 0.347 bits per heavy atom. The zero-order valence-electron chi connectivity index (χ0n) is 26.5. The molecule has 0 bridgehead atoms. The molecule has 0 atom stereocenters. The van der Waals surface area contributed by atoms with Gasteiger partial charge in [-0.2, -0.15) is 52.7 Å². The first kappa shape index (κ1) is 47.7. The van der Waals surface area contributed by atoms with Gasteiger partial charge >= 0.3 is 31.7 Å². The predicted octanol–water partition coefficient (Wildman–Crippen LogP) is 3.87. The maximum Gasteiger partial charge on any atom is 0.532 e. The summed E-state index contributed by atoms with van der Waals surface area (Å²) in [5.41, 5.74) is 0. The second kappa shape index (κ2) is 24.8. The van der Waals surface area contributed by atoms with Crippen molar-refractivity contribution in [1.29, 1.82) is 0 Å². The summed E-state index contributed by atoms with van der Waals surface area (Å²) < 4.78 is 217. The molecular formula is C24H40BF12O12-. The number of alkyl halides is 12. The van der Waals surface area contributed by atoms with Crippen LogP contribution in [0.25, 0.3) is 0 Å². The molecule has 0 aromatic carbocycles. The van der Waals surface area contributed by atoms with E-state index in [2.05, 4.69) is 18.6 Å². The maximum absolute atomic E-state index is 13.4. The smallest absolute Gasteiger partial charge is 0.517 e. The fourth-order valence-electron chi connectivity index (χ4n) is 3.12. The van der Waals surface area contributed by atoms with Crippen LogP contribution in [0.15, 0.2) is 0 Å². The summed E-state index contributed by atoms with van der Waals surface area (Å²) in [7, 11) is 2.90. The van der Waals surface area contributed by atoms with Crippen LogP contribution < -0.4 is 0 Å². The summed E-state index contributed by atoms with van der Waals surface area (Å²) in [5, 5.41) is 0. The zero-order chi connectivity index (χ0) is 37.5. The minimum absolute atomic E-state index is 0.0648. The van der Waals surface area contributed by atoms with E-state index in [4.69, 9.17) is 37.9 Å². The van der Waals surface area contributed by atoms with Crippen molar-refractivity contribution < 1.29 is 109 Å². The minimum atomic E-state index is -6.43. The number of hydrogen-bond donors (Lipinski definition) is 0. The van der Waals surface area contributed by atoms with Crippen molar-refractivity contribution in [2.24, 2.45) is 0 Å². The third kappa shape index (κ3) is 23.8. The number of rotatable bonds is 30. The molecule has 0 N–H and O–H groups in total. The Hall–Kier alpha value is -1.26. The van der Waals surface area contributed by atoms with Gasteiger partial charge in [-0.3, -0.25) is 0 Å². The second-order valence-electron chi connectivity index (χ2n) is 9.18. The van der Waals surface area contributed by atoms with Crippen molar-refractivity contribution in [1.82, 2.24) is 0 Å². The molecule has 0 saturated heterocycles. The van der Waals surface area contributed by atoms with Gasteiger partial charge in [-0.1, -0.05) is 0 Å². The highest BCUT2D eigenvalue weighted by molar-refractivity contribution is 6.53. The van der Waals surface area contributed by atoms with Crippen LogP contribution in [-0.4, -0.2) is 164 Å². The van der Waals surface area contributed by atoms with Gasteiger partial charge in [0, 0.05) is 27.4 Å². The number of ether oxygens (including phenoxy) is 8. The molecule has 0 spiro atoms. The Morgan fingerprint density at radius 3 is 0.755 bits per heavy atom. The van der Waals surface area contributed by atoms with Gasteiger partial charge in [0.25, 0.3) is 0 Å². The quantitative estimate of drug-likeness (QED) is 0.0603. The molecule has 0 aliphatic rings. The van der Waals surface area contributed by atoms with Crippen LogP contribution >= 0.6 is 0 Å². The second-order valence-corrected chi connectivity index (χ2v) is 9.18. The minimum Gasteiger partial charge on any atom is -0.517 e. The van der Waals surface area contributed by atoms with E-state index < -0.39 is 70.3 Å². The first-order valence-electron chi connectivity index (χ1n) is 14.3. The van der Waals surface area contributed by atoms with Crippen molar-refractivity contribution in [2.45, 2.75) is 36.9 Å². The Bertz CT molecular complexity index is 715. The lowest BCUT2D eigenvalue weighted by Crippen LogP contribution is -2.62. The van der Waals surface area contributed by atoms with Crippen LogP contribution in [0.4, 0.5) is 52.7 Å². The van der Waals surface area contributed by atoms with Crippen molar-refractivity contribution in [3.63, 3.8) is 0 Å². The fourth-order valence-corrected chi connectivity index (χ4v) is 3.12. The SMILES string of the molecule is COCCOCCOCCOCCO[B-](OCCOCCOCCOCCOC)(OC(C(F)(F)F)C(F)(F)F)OC(C(F)(F)F)C(F)(F)F. The predicted molar refractivity (Wildman–Crippen MR) is 140 cm³/mol. The summed E-state index contributed by atoms with van der Waals surface area (Å²) in [6.07, 6.45) is -35.8. The van der Waals surface area contributed by atoms with Gasteiger partial charge < -0.3 is 56.5 Å². The van der Waals surface area contributed by atoms with Crippen LogP contribution in [-0.2, 0) is 56.5 Å². The molecule has 0 aromatic rings. The van der Waals surface area contributed by atoms with Crippen LogP contribution in [0, 0.1) is 0 Å². The topological polar surface area (TPSA) is 111 Å². The number of halogens is 12. The summed E-state index contributed by atoms with van der Waals surface area (Å²) in [6.45, 7) is -9.11. The van der Waals surface area contributed by atoms with Crippen LogP contribution in [0.1, 0.15) is 0 Å². The van der Waals surface area contributed by atoms with E-state index in [0.717, 1.165) is 0 Å². The van der Waals surface area contributed by atoms with Gasteiger partial charge in [0.15, 0.2) is 0 Å². The first-order valence-corrected chi connectivity index (χ1v) is 14.3. The lowest BCUT2D eigenvalue weighted by molar-refractivity contribution is -0.336. The van der Waals surface area contributed by atoms with Gasteiger partial charge in [-0.15, -0.1) is 0 Å². The molecule has 25 heteroatoms. The van der Waals surface area contributed by atoms with Gasteiger partial charge in [-0.05, 0) is 0 Å². The maximum atomic E-state index is 13.4. The number of methoxy groups -OCH3 is 2. The highest BCUT2D eigenvalue weighted by atomic mass is 19.4. The van der Waals surface area contributed by atoms with E-state index in [9.17, 15) is 52.7 Å². The van der Waals surface area contributed by atoms with Gasteiger partial charge in [0.2, 0.25) is 12.2 Å². The molecule has 0 amide bonds. The van der Waals surface area contributed by atoms with Crippen LogP contribution in [0.3, 0.4) is 0 Å². The molecule has 0 heterocycles. The Balaban J connectivity index is 5.65. The van der Waals surface area contributed by atoms with E-state index in [0.29, 0.717) is 13.2 Å². The van der Waals surface area contributed by atoms with Crippen molar-refractivity contribution >= 4 is 6.96 Å². The van der Waals surface area contributed by atoms with Crippen molar-refractivity contribution in [3.8, 4) is 0 Å².